The number of aromatic nitrogens is 2. The minimum atomic E-state index is -2.70. The highest BCUT2D eigenvalue weighted by molar-refractivity contribution is 5.97. The Morgan fingerprint density at radius 2 is 1.65 bits per heavy atom. The lowest BCUT2D eigenvalue weighted by Gasteiger charge is -2.38. The molecule has 0 unspecified atom stereocenters. The molecule has 0 spiro atoms. The number of amides is 2. The average molecular weight is 426 g/mol. The van der Waals surface area contributed by atoms with Gasteiger partial charge in [0.15, 0.2) is 5.82 Å². The molecule has 1 aliphatic heterocycles. The number of piperazine rings is 1. The Kier molecular flexibility index (Phi) is 5.47. The molecule has 31 heavy (non-hydrogen) atoms. The molecule has 1 saturated heterocycles. The summed E-state index contributed by atoms with van der Waals surface area (Å²) in [6.07, 6.45) is -2.70. The minimum absolute atomic E-state index is 0.0317. The van der Waals surface area contributed by atoms with E-state index in [-0.39, 0.29) is 11.8 Å². The Hall–Kier alpha value is -3.29. The number of nitrogens with zero attached hydrogens (tertiary/aromatic N) is 3. The number of imidazole rings is 1. The number of H-pyrrole nitrogens is 1. The van der Waals surface area contributed by atoms with Crippen molar-refractivity contribution in [3.8, 4) is 0 Å². The van der Waals surface area contributed by atoms with Gasteiger partial charge in [0.25, 0.3) is 12.3 Å². The molecule has 2 heterocycles. The summed E-state index contributed by atoms with van der Waals surface area (Å²) in [6, 6.07) is 14.4. The van der Waals surface area contributed by atoms with Gasteiger partial charge in [-0.15, -0.1) is 0 Å². The minimum Gasteiger partial charge on any atom is -0.338 e. The van der Waals surface area contributed by atoms with Gasteiger partial charge in [0.1, 0.15) is 0 Å². The zero-order valence-corrected chi connectivity index (χ0v) is 17.4. The molecule has 2 amide bonds. The van der Waals surface area contributed by atoms with E-state index in [0.29, 0.717) is 42.8 Å². The molecule has 0 saturated carbocycles. The third-order valence-electron chi connectivity index (χ3n) is 5.84. The highest BCUT2D eigenvalue weighted by atomic mass is 19.3. The fraction of sp³-hybridized carbons (Fsp3) is 0.348. The number of halogens is 2. The topological polar surface area (TPSA) is 69.3 Å². The van der Waals surface area contributed by atoms with Crippen LogP contribution in [0.25, 0.3) is 11.0 Å². The lowest BCUT2D eigenvalue weighted by atomic mass is 9.83. The summed E-state index contributed by atoms with van der Waals surface area (Å²) >= 11 is 0. The molecule has 6 nitrogen and oxygen atoms in total. The summed E-state index contributed by atoms with van der Waals surface area (Å²) in [4.78, 5) is 35.9. The molecule has 0 aliphatic carbocycles. The van der Waals surface area contributed by atoms with Crippen molar-refractivity contribution < 1.29 is 18.4 Å². The van der Waals surface area contributed by atoms with Gasteiger partial charge < -0.3 is 14.8 Å². The highest BCUT2D eigenvalue weighted by Gasteiger charge is 2.35. The highest BCUT2D eigenvalue weighted by Crippen LogP contribution is 2.26. The van der Waals surface area contributed by atoms with Crippen LogP contribution >= 0.6 is 0 Å². The van der Waals surface area contributed by atoms with Crippen LogP contribution in [-0.4, -0.2) is 57.8 Å². The molecular formula is C23H24F2N4O2. The molecule has 1 N–H and O–H groups in total. The number of aromatic amines is 1. The lowest BCUT2D eigenvalue weighted by molar-refractivity contribution is -0.137. The molecular weight excluding hydrogens is 402 g/mol. The molecule has 3 aromatic rings. The van der Waals surface area contributed by atoms with Gasteiger partial charge in [-0.3, -0.25) is 9.59 Å². The van der Waals surface area contributed by atoms with E-state index in [1.807, 2.05) is 44.2 Å². The Morgan fingerprint density at radius 3 is 2.29 bits per heavy atom. The van der Waals surface area contributed by atoms with Crippen LogP contribution in [0.2, 0.25) is 0 Å². The summed E-state index contributed by atoms with van der Waals surface area (Å²) in [5, 5.41) is 0. The third-order valence-corrected chi connectivity index (χ3v) is 5.84. The van der Waals surface area contributed by atoms with Crippen LogP contribution in [0.5, 0.6) is 0 Å². The van der Waals surface area contributed by atoms with Crippen LogP contribution in [0.3, 0.4) is 0 Å². The van der Waals surface area contributed by atoms with Crippen molar-refractivity contribution in [2.45, 2.75) is 25.7 Å². The number of alkyl halides is 2. The largest absolute Gasteiger partial charge is 0.338 e. The van der Waals surface area contributed by atoms with E-state index in [1.165, 1.54) is 0 Å². The molecule has 1 fully saturated rings. The van der Waals surface area contributed by atoms with Gasteiger partial charge in [0.05, 0.1) is 16.4 Å². The quantitative estimate of drug-likeness (QED) is 0.691. The van der Waals surface area contributed by atoms with E-state index in [1.54, 1.807) is 28.0 Å². The molecule has 0 bridgehead atoms. The number of fused-ring (bicyclic) bond motifs is 1. The van der Waals surface area contributed by atoms with Crippen LogP contribution in [0, 0.1) is 0 Å². The monoisotopic (exact) mass is 426 g/mol. The zero-order valence-electron chi connectivity index (χ0n) is 17.4. The second-order valence-corrected chi connectivity index (χ2v) is 8.23. The van der Waals surface area contributed by atoms with Crippen molar-refractivity contribution >= 4 is 22.8 Å². The van der Waals surface area contributed by atoms with E-state index in [4.69, 9.17) is 0 Å². The molecule has 0 atom stereocenters. The van der Waals surface area contributed by atoms with Crippen LogP contribution in [0.15, 0.2) is 48.5 Å². The first-order valence-corrected chi connectivity index (χ1v) is 10.2. The third kappa shape index (κ3) is 4.02. The predicted octanol–water partition coefficient (Wildman–Crippen LogP) is 3.76. The number of nitrogens with one attached hydrogen (secondary N) is 1. The number of hydrogen-bond donors (Lipinski definition) is 1. The standard InChI is InChI=1S/C23H24F2N4O2/c1-23(2,16-6-4-3-5-7-16)22(31)29-12-10-28(11-13-29)21(30)15-8-9-17-18(14-15)27-20(26-17)19(24)25/h3-9,14,19H,10-13H2,1-2H3,(H,26,27). The molecule has 4 rings (SSSR count). The van der Waals surface area contributed by atoms with Gasteiger partial charge in [-0.05, 0) is 37.6 Å². The van der Waals surface area contributed by atoms with Crippen molar-refractivity contribution in [3.05, 3.63) is 65.5 Å². The fourth-order valence-corrected chi connectivity index (χ4v) is 3.93. The Bertz CT molecular complexity index is 1100. The van der Waals surface area contributed by atoms with E-state index < -0.39 is 17.7 Å². The van der Waals surface area contributed by atoms with Crippen LogP contribution in [0.4, 0.5) is 8.78 Å². The van der Waals surface area contributed by atoms with Crippen molar-refractivity contribution in [2.75, 3.05) is 26.2 Å². The molecule has 0 radical (unpaired) electrons. The Morgan fingerprint density at radius 1 is 1.00 bits per heavy atom. The lowest BCUT2D eigenvalue weighted by Crippen LogP contribution is -2.54. The van der Waals surface area contributed by atoms with Gasteiger partial charge in [-0.1, -0.05) is 30.3 Å². The first kappa shape index (κ1) is 21.0. The van der Waals surface area contributed by atoms with Gasteiger partial charge in [-0.25, -0.2) is 13.8 Å². The van der Waals surface area contributed by atoms with Crippen LogP contribution in [-0.2, 0) is 10.2 Å². The second kappa shape index (κ2) is 8.09. The number of benzene rings is 2. The van der Waals surface area contributed by atoms with E-state index in [2.05, 4.69) is 9.97 Å². The average Bonchev–Trinajstić information content (AvgIpc) is 3.22. The SMILES string of the molecule is CC(C)(C(=O)N1CCN(C(=O)c2ccc3nc(C(F)F)[nH]c3c2)CC1)c1ccccc1. The normalized spacial score (nSPS) is 15.0. The Balaban J connectivity index is 1.43. The zero-order chi connectivity index (χ0) is 22.2. The summed E-state index contributed by atoms with van der Waals surface area (Å²) in [7, 11) is 0. The van der Waals surface area contributed by atoms with E-state index in [9.17, 15) is 18.4 Å². The number of rotatable bonds is 4. The molecule has 1 aromatic heterocycles. The molecule has 162 valence electrons. The summed E-state index contributed by atoms with van der Waals surface area (Å²) in [6.45, 7) is 5.55. The van der Waals surface area contributed by atoms with Gasteiger partial charge >= 0.3 is 0 Å². The van der Waals surface area contributed by atoms with Gasteiger partial charge in [0, 0.05) is 31.7 Å². The first-order valence-electron chi connectivity index (χ1n) is 10.2. The summed E-state index contributed by atoms with van der Waals surface area (Å²) in [5.41, 5.74) is 1.50. The van der Waals surface area contributed by atoms with Crippen LogP contribution in [0.1, 0.15) is 42.0 Å². The Labute approximate surface area is 178 Å². The fourth-order valence-electron chi connectivity index (χ4n) is 3.93. The van der Waals surface area contributed by atoms with Crippen molar-refractivity contribution in [1.29, 1.82) is 0 Å². The van der Waals surface area contributed by atoms with Gasteiger partial charge in [-0.2, -0.15) is 0 Å². The molecule has 8 heteroatoms. The van der Waals surface area contributed by atoms with Crippen molar-refractivity contribution in [1.82, 2.24) is 19.8 Å². The maximum absolute atomic E-state index is 13.1. The van der Waals surface area contributed by atoms with E-state index >= 15 is 0 Å². The van der Waals surface area contributed by atoms with Gasteiger partial charge in [0.2, 0.25) is 5.91 Å². The first-order chi connectivity index (χ1) is 14.8. The molecule has 1 aliphatic rings. The predicted molar refractivity (Wildman–Crippen MR) is 113 cm³/mol. The summed E-state index contributed by atoms with van der Waals surface area (Å²) < 4.78 is 25.7. The maximum atomic E-state index is 13.1. The number of hydrogen-bond acceptors (Lipinski definition) is 3. The number of carbonyl (C=O) groups is 2. The smallest absolute Gasteiger partial charge is 0.295 e. The second-order valence-electron chi connectivity index (χ2n) is 8.23. The number of carbonyl (C=O) groups excluding carboxylic acids is 2. The molecule has 2 aromatic carbocycles. The van der Waals surface area contributed by atoms with E-state index in [0.717, 1.165) is 5.56 Å². The maximum Gasteiger partial charge on any atom is 0.295 e. The van der Waals surface area contributed by atoms with Crippen molar-refractivity contribution in [3.63, 3.8) is 0 Å². The van der Waals surface area contributed by atoms with Crippen LogP contribution < -0.4 is 0 Å². The van der Waals surface area contributed by atoms with Crippen molar-refractivity contribution in [2.24, 2.45) is 0 Å². The summed E-state index contributed by atoms with van der Waals surface area (Å²) in [5.74, 6) is -0.568.